The highest BCUT2D eigenvalue weighted by molar-refractivity contribution is 7.80. The average Bonchev–Trinajstić information content (AvgIpc) is 3.01. The van der Waals surface area contributed by atoms with E-state index >= 15 is 0 Å². The van der Waals surface area contributed by atoms with Crippen LogP contribution < -0.4 is 21.1 Å². The van der Waals surface area contributed by atoms with Crippen molar-refractivity contribution in [2.24, 2.45) is 5.73 Å². The van der Waals surface area contributed by atoms with E-state index in [0.29, 0.717) is 26.4 Å². The first-order valence-corrected chi connectivity index (χ1v) is 10.9. The molecule has 1 unspecified atom stereocenters. The number of hydrogen-bond donors (Lipinski definition) is 3. The molecule has 1 aliphatic carbocycles. The van der Waals surface area contributed by atoms with Gasteiger partial charge in [0.15, 0.2) is 11.2 Å². The summed E-state index contributed by atoms with van der Waals surface area (Å²) in [5, 5.41) is 6.89. The van der Waals surface area contributed by atoms with Gasteiger partial charge in [-0.2, -0.15) is 0 Å². The summed E-state index contributed by atoms with van der Waals surface area (Å²) in [5.41, 5.74) is 7.02. The van der Waals surface area contributed by atoms with Crippen molar-refractivity contribution in [3.8, 4) is 5.75 Å². The SMILES string of the molecule is CC(Oc1ccc(Cl)cc1Cl)C(=O)NC(=S)Nc1sc2c(c1C(N)=O)CCCC2. The lowest BCUT2D eigenvalue weighted by molar-refractivity contribution is -0.125. The molecule has 0 aliphatic heterocycles. The number of carbonyl (C=O) groups is 2. The number of thiocarbonyl (C=S) groups is 1. The van der Waals surface area contributed by atoms with Crippen LogP contribution in [0.4, 0.5) is 5.00 Å². The fraction of sp³-hybridized carbons (Fsp3) is 0.316. The van der Waals surface area contributed by atoms with Gasteiger partial charge in [-0.3, -0.25) is 14.9 Å². The molecule has 0 saturated heterocycles. The number of benzene rings is 1. The number of rotatable bonds is 5. The molecular weight excluding hydrogens is 453 g/mol. The monoisotopic (exact) mass is 471 g/mol. The standard InChI is InChI=1S/C19H19Cl2N3O3S2/c1-9(27-13-7-6-10(20)8-12(13)21)17(26)23-19(28)24-18-15(16(22)25)11-4-2-3-5-14(11)29-18/h6-9H,2-5H2,1H3,(H2,22,25)(H2,23,24,26,28). The molecule has 1 heterocycles. The number of nitrogens with two attached hydrogens (primary N) is 1. The van der Waals surface area contributed by atoms with Gasteiger partial charge < -0.3 is 15.8 Å². The molecule has 3 rings (SSSR count). The molecule has 2 amide bonds. The molecule has 29 heavy (non-hydrogen) atoms. The lowest BCUT2D eigenvalue weighted by Crippen LogP contribution is -2.42. The van der Waals surface area contributed by atoms with E-state index in [-0.39, 0.29) is 5.11 Å². The number of primary amides is 1. The minimum Gasteiger partial charge on any atom is -0.479 e. The summed E-state index contributed by atoms with van der Waals surface area (Å²) < 4.78 is 5.58. The molecule has 0 saturated carbocycles. The average molecular weight is 472 g/mol. The van der Waals surface area contributed by atoms with E-state index in [0.717, 1.165) is 36.1 Å². The molecule has 0 bridgehead atoms. The third-order valence-electron chi connectivity index (χ3n) is 4.45. The van der Waals surface area contributed by atoms with E-state index in [4.69, 9.17) is 45.9 Å². The van der Waals surface area contributed by atoms with Crippen molar-refractivity contribution < 1.29 is 14.3 Å². The first kappa shape index (κ1) is 21.8. The predicted octanol–water partition coefficient (Wildman–Crippen LogP) is 4.31. The van der Waals surface area contributed by atoms with Crippen molar-refractivity contribution >= 4 is 68.7 Å². The van der Waals surface area contributed by atoms with Crippen LogP contribution in [-0.4, -0.2) is 23.0 Å². The number of thiophene rings is 1. The van der Waals surface area contributed by atoms with Gasteiger partial charge in [0.2, 0.25) is 0 Å². The van der Waals surface area contributed by atoms with Crippen LogP contribution in [0.3, 0.4) is 0 Å². The third-order valence-corrected chi connectivity index (χ3v) is 6.39. The molecule has 6 nitrogen and oxygen atoms in total. The fourth-order valence-corrected chi connectivity index (χ4v) is 5.10. The van der Waals surface area contributed by atoms with Gasteiger partial charge in [-0.15, -0.1) is 11.3 Å². The summed E-state index contributed by atoms with van der Waals surface area (Å²) in [4.78, 5) is 25.5. The van der Waals surface area contributed by atoms with Crippen molar-refractivity contribution in [3.05, 3.63) is 44.2 Å². The maximum Gasteiger partial charge on any atom is 0.266 e. The molecular formula is C19H19Cl2N3O3S2. The van der Waals surface area contributed by atoms with Crippen LogP contribution >= 0.6 is 46.8 Å². The lowest BCUT2D eigenvalue weighted by atomic mass is 9.95. The molecule has 1 atom stereocenters. The minimum atomic E-state index is -0.861. The number of fused-ring (bicyclic) bond motifs is 1. The number of amides is 2. The molecule has 0 radical (unpaired) electrons. The Kier molecular flexibility index (Phi) is 7.00. The van der Waals surface area contributed by atoms with Crippen LogP contribution in [0.15, 0.2) is 18.2 Å². The first-order valence-electron chi connectivity index (χ1n) is 8.94. The van der Waals surface area contributed by atoms with Crippen LogP contribution in [0.25, 0.3) is 0 Å². The summed E-state index contributed by atoms with van der Waals surface area (Å²) >= 11 is 18.6. The summed E-state index contributed by atoms with van der Waals surface area (Å²) in [6, 6.07) is 4.73. The Bertz CT molecular complexity index is 978. The van der Waals surface area contributed by atoms with Crippen LogP contribution in [0.5, 0.6) is 5.75 Å². The van der Waals surface area contributed by atoms with Crippen molar-refractivity contribution in [2.45, 2.75) is 38.7 Å². The second-order valence-electron chi connectivity index (χ2n) is 6.56. The number of ether oxygens (including phenoxy) is 1. The quantitative estimate of drug-likeness (QED) is 0.564. The van der Waals surface area contributed by atoms with Gasteiger partial charge in [0.05, 0.1) is 10.6 Å². The van der Waals surface area contributed by atoms with E-state index in [1.807, 2.05) is 0 Å². The number of carbonyl (C=O) groups excluding carboxylic acids is 2. The van der Waals surface area contributed by atoms with E-state index in [1.54, 1.807) is 19.1 Å². The van der Waals surface area contributed by atoms with E-state index in [1.165, 1.54) is 17.4 Å². The van der Waals surface area contributed by atoms with Gasteiger partial charge in [0, 0.05) is 9.90 Å². The summed E-state index contributed by atoms with van der Waals surface area (Å²) in [6.45, 7) is 1.57. The molecule has 1 aliphatic rings. The van der Waals surface area contributed by atoms with Crippen molar-refractivity contribution in [1.82, 2.24) is 5.32 Å². The zero-order valence-corrected chi connectivity index (χ0v) is 18.7. The maximum absolute atomic E-state index is 12.4. The van der Waals surface area contributed by atoms with Crippen LogP contribution in [-0.2, 0) is 17.6 Å². The van der Waals surface area contributed by atoms with Crippen molar-refractivity contribution in [2.75, 3.05) is 5.32 Å². The minimum absolute atomic E-state index is 0.0637. The Labute approximate surface area is 187 Å². The zero-order valence-electron chi connectivity index (χ0n) is 15.5. The third kappa shape index (κ3) is 5.19. The Balaban J connectivity index is 1.65. The Morgan fingerprint density at radius 2 is 2.00 bits per heavy atom. The van der Waals surface area contributed by atoms with E-state index in [9.17, 15) is 9.59 Å². The second-order valence-corrected chi connectivity index (χ2v) is 8.91. The number of anilines is 1. The molecule has 154 valence electrons. The van der Waals surface area contributed by atoms with Gasteiger partial charge in [0.1, 0.15) is 10.8 Å². The van der Waals surface area contributed by atoms with Gasteiger partial charge >= 0.3 is 0 Å². The maximum atomic E-state index is 12.4. The van der Waals surface area contributed by atoms with Gasteiger partial charge in [0.25, 0.3) is 11.8 Å². The molecule has 0 fully saturated rings. The van der Waals surface area contributed by atoms with Gasteiger partial charge in [-0.05, 0) is 68.6 Å². The highest BCUT2D eigenvalue weighted by Crippen LogP contribution is 2.37. The molecule has 1 aromatic heterocycles. The Hall–Kier alpha value is -1.87. The molecule has 2 aromatic rings. The summed E-state index contributed by atoms with van der Waals surface area (Å²) in [6.07, 6.45) is 2.97. The lowest BCUT2D eigenvalue weighted by Gasteiger charge is -2.16. The number of aryl methyl sites for hydroxylation is 1. The Morgan fingerprint density at radius 3 is 2.69 bits per heavy atom. The summed E-state index contributed by atoms with van der Waals surface area (Å²) in [5.74, 6) is -0.634. The van der Waals surface area contributed by atoms with Gasteiger partial charge in [-0.1, -0.05) is 23.2 Å². The first-order chi connectivity index (χ1) is 13.8. The highest BCUT2D eigenvalue weighted by atomic mass is 35.5. The van der Waals surface area contributed by atoms with Crippen LogP contribution in [0.2, 0.25) is 10.0 Å². The number of nitrogens with one attached hydrogen (secondary N) is 2. The van der Waals surface area contributed by atoms with E-state index in [2.05, 4.69) is 10.6 Å². The zero-order chi connectivity index (χ0) is 21.1. The van der Waals surface area contributed by atoms with Gasteiger partial charge in [-0.25, -0.2) is 0 Å². The molecule has 10 heteroatoms. The Morgan fingerprint density at radius 1 is 1.28 bits per heavy atom. The highest BCUT2D eigenvalue weighted by Gasteiger charge is 2.25. The second kappa shape index (κ2) is 9.30. The van der Waals surface area contributed by atoms with E-state index < -0.39 is 17.9 Å². The molecule has 1 aromatic carbocycles. The van der Waals surface area contributed by atoms with Crippen LogP contribution in [0.1, 0.15) is 40.6 Å². The molecule has 0 spiro atoms. The normalized spacial score (nSPS) is 13.9. The molecule has 4 N–H and O–H groups in total. The van der Waals surface area contributed by atoms with Crippen molar-refractivity contribution in [1.29, 1.82) is 0 Å². The van der Waals surface area contributed by atoms with Crippen molar-refractivity contribution in [3.63, 3.8) is 0 Å². The summed E-state index contributed by atoms with van der Waals surface area (Å²) in [7, 11) is 0. The predicted molar refractivity (Wildman–Crippen MR) is 120 cm³/mol. The fourth-order valence-electron chi connectivity index (χ4n) is 3.08. The topological polar surface area (TPSA) is 93.4 Å². The number of hydrogen-bond acceptors (Lipinski definition) is 5. The van der Waals surface area contributed by atoms with Crippen LogP contribution in [0, 0.1) is 0 Å². The number of halogens is 2. The smallest absolute Gasteiger partial charge is 0.266 e. The largest absolute Gasteiger partial charge is 0.479 e.